The molecule has 0 aromatic rings. The molecule has 33 heavy (non-hydrogen) atoms. The first-order chi connectivity index (χ1) is 15.1. The molecule has 2 amide bonds. The molecule has 9 heteroatoms. The van der Waals surface area contributed by atoms with E-state index in [0.29, 0.717) is 18.3 Å². The Kier molecular flexibility index (Phi) is 6.32. The van der Waals surface area contributed by atoms with E-state index in [1.165, 1.54) is 11.3 Å². The van der Waals surface area contributed by atoms with Crippen LogP contribution in [-0.2, 0) is 18.8 Å². The number of hydrogen-bond acceptors (Lipinski definition) is 5. The van der Waals surface area contributed by atoms with Crippen molar-refractivity contribution in [3.05, 3.63) is 0 Å². The van der Waals surface area contributed by atoms with Crippen molar-refractivity contribution in [2.24, 2.45) is 23.2 Å². The van der Waals surface area contributed by atoms with E-state index < -0.39 is 24.9 Å². The van der Waals surface area contributed by atoms with Gasteiger partial charge in [0.2, 0.25) is 5.91 Å². The Bertz CT molecular complexity index is 802. The molecular weight excluding hydrogens is 443 g/mol. The molecule has 2 aliphatic heterocycles. The maximum atomic E-state index is 13.4. The lowest BCUT2D eigenvalue weighted by Crippen LogP contribution is -2.65. The van der Waals surface area contributed by atoms with Gasteiger partial charge < -0.3 is 19.4 Å². The summed E-state index contributed by atoms with van der Waals surface area (Å²) >= 11 is 6.36. The molecule has 3 saturated carbocycles. The van der Waals surface area contributed by atoms with Gasteiger partial charge >= 0.3 is 13.2 Å². The van der Waals surface area contributed by atoms with Gasteiger partial charge in [0.05, 0.1) is 23.0 Å². The van der Waals surface area contributed by atoms with Crippen molar-refractivity contribution in [3.63, 3.8) is 0 Å². The fourth-order valence-corrected chi connectivity index (χ4v) is 6.73. The van der Waals surface area contributed by atoms with Crippen LogP contribution in [0.3, 0.4) is 0 Å². The van der Waals surface area contributed by atoms with Crippen molar-refractivity contribution in [1.29, 1.82) is 0 Å². The Labute approximate surface area is 203 Å². The molecule has 0 unspecified atom stereocenters. The van der Waals surface area contributed by atoms with Crippen LogP contribution in [0.4, 0.5) is 4.79 Å². The van der Waals surface area contributed by atoms with Crippen LogP contribution in [0.25, 0.3) is 0 Å². The summed E-state index contributed by atoms with van der Waals surface area (Å²) in [5.74, 6) is 0.650. The number of halogens is 1. The molecule has 0 aromatic carbocycles. The van der Waals surface area contributed by atoms with Gasteiger partial charge in [-0.2, -0.15) is 0 Å². The Balaban J connectivity index is 1.46. The predicted octanol–water partition coefficient (Wildman–Crippen LogP) is 4.01. The zero-order valence-corrected chi connectivity index (χ0v) is 22.1. The van der Waals surface area contributed by atoms with Crippen molar-refractivity contribution in [3.8, 4) is 0 Å². The predicted molar refractivity (Wildman–Crippen MR) is 128 cm³/mol. The molecular formula is C24H40BClN2O5. The molecule has 7 atom stereocenters. The Morgan fingerprint density at radius 3 is 2.42 bits per heavy atom. The van der Waals surface area contributed by atoms with Gasteiger partial charge in [-0.1, -0.05) is 27.7 Å². The van der Waals surface area contributed by atoms with E-state index in [1.54, 1.807) is 0 Å². The number of likely N-dealkylation sites (tertiary alicyclic amines) is 1. The smallest absolute Gasteiger partial charge is 0.444 e. The molecule has 2 saturated heterocycles. The minimum absolute atomic E-state index is 0.0504. The summed E-state index contributed by atoms with van der Waals surface area (Å²) in [7, 11) is -0.512. The van der Waals surface area contributed by atoms with Gasteiger partial charge in [-0.25, -0.2) is 4.79 Å². The zero-order valence-electron chi connectivity index (χ0n) is 21.3. The minimum atomic E-state index is -0.672. The van der Waals surface area contributed by atoms with Crippen LogP contribution in [0.1, 0.15) is 74.7 Å². The van der Waals surface area contributed by atoms with E-state index in [-0.39, 0.29) is 46.8 Å². The third-order valence-corrected chi connectivity index (χ3v) is 8.79. The molecule has 5 fully saturated rings. The molecule has 186 valence electrons. The van der Waals surface area contributed by atoms with Gasteiger partial charge in [0.1, 0.15) is 11.6 Å². The molecule has 0 aromatic heterocycles. The minimum Gasteiger partial charge on any atom is -0.444 e. The van der Waals surface area contributed by atoms with E-state index in [9.17, 15) is 9.59 Å². The van der Waals surface area contributed by atoms with Gasteiger partial charge in [-0.15, -0.1) is 11.6 Å². The lowest BCUT2D eigenvalue weighted by molar-refractivity contribution is -0.199. The molecule has 2 heterocycles. The number of carbonyl (C=O) groups is 2. The second kappa shape index (κ2) is 8.30. The van der Waals surface area contributed by atoms with E-state index in [1.807, 2.05) is 20.8 Å². The SMILES string of the molecule is CC(C)[C@H](NC(=O)[C@@H]1C[C@H](Cl)CN1C(=O)OC(C)(C)C)B1O[C@@H]2C[C@@H]3C[C@@H](C3(C)C)[C@]2(C)O1. The molecule has 5 rings (SSSR count). The number of amides is 2. The van der Waals surface area contributed by atoms with Crippen LogP contribution < -0.4 is 5.32 Å². The van der Waals surface area contributed by atoms with Crippen LogP contribution in [0, 0.1) is 23.2 Å². The first-order valence-electron chi connectivity index (χ1n) is 12.4. The highest BCUT2D eigenvalue weighted by Gasteiger charge is 2.68. The monoisotopic (exact) mass is 482 g/mol. The molecule has 2 bridgehead atoms. The normalized spacial score (nSPS) is 38.1. The van der Waals surface area contributed by atoms with Crippen LogP contribution >= 0.6 is 11.6 Å². The van der Waals surface area contributed by atoms with Gasteiger partial charge in [-0.3, -0.25) is 9.69 Å². The fraction of sp³-hybridized carbons (Fsp3) is 0.917. The maximum Gasteiger partial charge on any atom is 0.481 e. The second-order valence-corrected chi connectivity index (χ2v) is 13.2. The summed E-state index contributed by atoms with van der Waals surface area (Å²) in [5.41, 5.74) is -0.722. The summed E-state index contributed by atoms with van der Waals surface area (Å²) in [5, 5.41) is 2.86. The molecule has 7 nitrogen and oxygen atoms in total. The summed E-state index contributed by atoms with van der Waals surface area (Å²) in [4.78, 5) is 27.6. The highest BCUT2D eigenvalue weighted by molar-refractivity contribution is 6.48. The first kappa shape index (κ1) is 25.1. The van der Waals surface area contributed by atoms with Gasteiger partial charge in [0, 0.05) is 6.54 Å². The number of rotatable bonds is 4. The standard InChI is InChI=1S/C24H40BClN2O5/c1-13(2)19(25-32-18-10-14-9-17(23(14,6)7)24(18,8)33-25)27-20(29)16-11-15(26)12-28(16)21(30)31-22(3,4)5/h13-19H,9-12H2,1-8H3,(H,27,29)/t14-,15-,16-,17-,18+,19-,24-/m0/s1. The van der Waals surface area contributed by atoms with Crippen molar-refractivity contribution < 1.29 is 23.6 Å². The lowest BCUT2D eigenvalue weighted by Gasteiger charge is -2.64. The number of hydrogen-bond donors (Lipinski definition) is 1. The van der Waals surface area contributed by atoms with Crippen molar-refractivity contribution in [2.45, 2.75) is 109 Å². The van der Waals surface area contributed by atoms with Crippen LogP contribution in [0.2, 0.25) is 0 Å². The van der Waals surface area contributed by atoms with Gasteiger partial charge in [0.25, 0.3) is 0 Å². The van der Waals surface area contributed by atoms with Gasteiger partial charge in [0.15, 0.2) is 0 Å². The summed E-state index contributed by atoms with van der Waals surface area (Å²) < 4.78 is 18.6. The topological polar surface area (TPSA) is 77.1 Å². The number of alkyl halides is 1. The Morgan fingerprint density at radius 2 is 1.85 bits per heavy atom. The number of ether oxygens (including phenoxy) is 1. The third kappa shape index (κ3) is 4.40. The fourth-order valence-electron chi connectivity index (χ4n) is 6.42. The van der Waals surface area contributed by atoms with E-state index in [2.05, 4.69) is 39.9 Å². The zero-order chi connectivity index (χ0) is 24.5. The quantitative estimate of drug-likeness (QED) is 0.484. The summed E-state index contributed by atoms with van der Waals surface area (Å²) in [6, 6.07) is -0.672. The van der Waals surface area contributed by atoms with E-state index in [4.69, 9.17) is 25.6 Å². The second-order valence-electron chi connectivity index (χ2n) is 12.6. The number of nitrogens with zero attached hydrogens (tertiary/aromatic N) is 1. The third-order valence-electron chi connectivity index (χ3n) is 8.47. The lowest BCUT2D eigenvalue weighted by atomic mass is 9.43. The largest absolute Gasteiger partial charge is 0.481 e. The maximum absolute atomic E-state index is 13.4. The average molecular weight is 483 g/mol. The molecule has 0 spiro atoms. The van der Waals surface area contributed by atoms with Crippen molar-refractivity contribution in [1.82, 2.24) is 10.2 Å². The van der Waals surface area contributed by atoms with E-state index in [0.717, 1.165) is 6.42 Å². The van der Waals surface area contributed by atoms with Crippen molar-refractivity contribution >= 4 is 30.7 Å². The first-order valence-corrected chi connectivity index (χ1v) is 12.8. The van der Waals surface area contributed by atoms with E-state index >= 15 is 0 Å². The highest BCUT2D eigenvalue weighted by Crippen LogP contribution is 2.65. The molecule has 1 N–H and O–H groups in total. The molecule has 5 aliphatic rings. The van der Waals surface area contributed by atoms with Crippen LogP contribution in [-0.4, -0.2) is 65.2 Å². The van der Waals surface area contributed by atoms with Crippen LogP contribution in [0.15, 0.2) is 0 Å². The Morgan fingerprint density at radius 1 is 1.18 bits per heavy atom. The highest BCUT2D eigenvalue weighted by atomic mass is 35.5. The molecule has 0 radical (unpaired) electrons. The molecule has 3 aliphatic carbocycles. The Hall–Kier alpha value is -0.985. The van der Waals surface area contributed by atoms with Crippen LogP contribution in [0.5, 0.6) is 0 Å². The summed E-state index contributed by atoms with van der Waals surface area (Å²) in [6.07, 6.45) is 2.11. The average Bonchev–Trinajstić information content (AvgIpc) is 3.23. The summed E-state index contributed by atoms with van der Waals surface area (Å²) in [6.45, 7) is 16.7. The van der Waals surface area contributed by atoms with Crippen molar-refractivity contribution in [2.75, 3.05) is 6.54 Å². The number of carbonyl (C=O) groups excluding carboxylic acids is 2. The van der Waals surface area contributed by atoms with Gasteiger partial charge in [-0.05, 0) is 70.1 Å². The number of nitrogens with one attached hydrogen (secondary N) is 1.